The number of hydrogen-bond donors (Lipinski definition) is 0. The first kappa shape index (κ1) is 12.8. The molecule has 86 valence electrons. The molecule has 0 saturated heterocycles. The van der Waals surface area contributed by atoms with Gasteiger partial charge >= 0.3 is 5.97 Å². The molecule has 0 spiro atoms. The molecular weight excluding hydrogens is 224 g/mol. The van der Waals surface area contributed by atoms with E-state index in [9.17, 15) is 4.79 Å². The highest BCUT2D eigenvalue weighted by Gasteiger charge is 2.05. The second kappa shape index (κ2) is 6.33. The van der Waals surface area contributed by atoms with Crippen LogP contribution in [0.1, 0.15) is 27.9 Å². The molecule has 0 aliphatic heterocycles. The SMILES string of the molecule is COC(=O)c1ccc(C=CCCCl)c(C)c1. The summed E-state index contributed by atoms with van der Waals surface area (Å²) in [6, 6.07) is 5.50. The number of aryl methyl sites for hydroxylation is 1. The van der Waals surface area contributed by atoms with Crippen molar-refractivity contribution < 1.29 is 9.53 Å². The molecule has 1 rings (SSSR count). The minimum Gasteiger partial charge on any atom is -0.465 e. The van der Waals surface area contributed by atoms with Crippen LogP contribution in [0.5, 0.6) is 0 Å². The Labute approximate surface area is 101 Å². The fourth-order valence-corrected chi connectivity index (χ4v) is 1.51. The predicted molar refractivity (Wildman–Crippen MR) is 66.9 cm³/mol. The minimum absolute atomic E-state index is 0.306. The summed E-state index contributed by atoms with van der Waals surface area (Å²) in [6.45, 7) is 1.97. The number of carbonyl (C=O) groups is 1. The molecule has 0 heterocycles. The van der Waals surface area contributed by atoms with Crippen LogP contribution in [0.3, 0.4) is 0 Å². The summed E-state index contributed by atoms with van der Waals surface area (Å²) in [7, 11) is 1.38. The fraction of sp³-hybridized carbons (Fsp3) is 0.308. The van der Waals surface area contributed by atoms with Crippen molar-refractivity contribution in [3.63, 3.8) is 0 Å². The van der Waals surface area contributed by atoms with E-state index in [4.69, 9.17) is 11.6 Å². The minimum atomic E-state index is -0.306. The standard InChI is InChI=1S/C13H15ClO2/c1-10-9-12(13(15)16-2)7-6-11(10)5-3-4-8-14/h3,5-7,9H,4,8H2,1-2H3. The molecule has 0 aliphatic carbocycles. The topological polar surface area (TPSA) is 26.3 Å². The van der Waals surface area contributed by atoms with Crippen LogP contribution in [0.2, 0.25) is 0 Å². The van der Waals surface area contributed by atoms with E-state index in [-0.39, 0.29) is 5.97 Å². The number of benzene rings is 1. The maximum Gasteiger partial charge on any atom is 0.337 e. The Morgan fingerprint density at radius 1 is 1.50 bits per heavy atom. The van der Waals surface area contributed by atoms with Gasteiger partial charge in [0.15, 0.2) is 0 Å². The third kappa shape index (κ3) is 3.38. The normalized spacial score (nSPS) is 10.7. The summed E-state index contributed by atoms with van der Waals surface area (Å²) >= 11 is 5.58. The average Bonchev–Trinajstić information content (AvgIpc) is 2.30. The van der Waals surface area contributed by atoms with E-state index in [1.54, 1.807) is 6.07 Å². The summed E-state index contributed by atoms with van der Waals surface area (Å²) in [5.41, 5.74) is 2.72. The van der Waals surface area contributed by atoms with Crippen molar-refractivity contribution in [1.82, 2.24) is 0 Å². The zero-order valence-corrected chi connectivity index (χ0v) is 10.3. The van der Waals surface area contributed by atoms with Crippen LogP contribution in [0.15, 0.2) is 24.3 Å². The third-order valence-electron chi connectivity index (χ3n) is 2.26. The predicted octanol–water partition coefficient (Wildman–Crippen LogP) is 3.42. The number of rotatable bonds is 4. The summed E-state index contributed by atoms with van der Waals surface area (Å²) in [5, 5.41) is 0. The molecule has 0 unspecified atom stereocenters. The zero-order valence-electron chi connectivity index (χ0n) is 9.50. The Hall–Kier alpha value is -1.28. The van der Waals surface area contributed by atoms with Crippen LogP contribution in [-0.2, 0) is 4.74 Å². The fourth-order valence-electron chi connectivity index (χ4n) is 1.38. The number of hydrogen-bond acceptors (Lipinski definition) is 2. The van der Waals surface area contributed by atoms with Gasteiger partial charge in [-0.3, -0.25) is 0 Å². The Balaban J connectivity index is 2.87. The Morgan fingerprint density at radius 3 is 2.81 bits per heavy atom. The number of ether oxygens (including phenoxy) is 1. The van der Waals surface area contributed by atoms with Crippen LogP contribution in [0.25, 0.3) is 6.08 Å². The summed E-state index contributed by atoms with van der Waals surface area (Å²) in [4.78, 5) is 11.3. The lowest BCUT2D eigenvalue weighted by Gasteiger charge is -2.03. The van der Waals surface area contributed by atoms with Gasteiger partial charge in [-0.15, -0.1) is 11.6 Å². The molecule has 0 amide bonds. The molecule has 0 N–H and O–H groups in total. The molecule has 0 radical (unpaired) electrons. The van der Waals surface area contributed by atoms with E-state index in [0.29, 0.717) is 11.4 Å². The van der Waals surface area contributed by atoms with Crippen LogP contribution in [0.4, 0.5) is 0 Å². The van der Waals surface area contributed by atoms with E-state index in [0.717, 1.165) is 17.5 Å². The second-order valence-electron chi connectivity index (χ2n) is 3.44. The number of methoxy groups -OCH3 is 1. The van der Waals surface area contributed by atoms with Crippen molar-refractivity contribution in [3.05, 3.63) is 41.0 Å². The van der Waals surface area contributed by atoms with Gasteiger partial charge < -0.3 is 4.74 Å². The maximum atomic E-state index is 11.3. The Bertz CT molecular complexity index is 397. The van der Waals surface area contributed by atoms with Gasteiger partial charge in [-0.2, -0.15) is 0 Å². The molecule has 0 aromatic heterocycles. The van der Waals surface area contributed by atoms with Gasteiger partial charge in [0, 0.05) is 5.88 Å². The maximum absolute atomic E-state index is 11.3. The smallest absolute Gasteiger partial charge is 0.337 e. The van der Waals surface area contributed by atoms with Crippen LogP contribution in [-0.4, -0.2) is 19.0 Å². The zero-order chi connectivity index (χ0) is 12.0. The molecular formula is C13H15ClO2. The Kier molecular flexibility index (Phi) is 5.06. The van der Waals surface area contributed by atoms with E-state index < -0.39 is 0 Å². The molecule has 1 aromatic carbocycles. The van der Waals surface area contributed by atoms with Crippen molar-refractivity contribution >= 4 is 23.6 Å². The molecule has 0 fully saturated rings. The van der Waals surface area contributed by atoms with Crippen molar-refractivity contribution in [1.29, 1.82) is 0 Å². The molecule has 16 heavy (non-hydrogen) atoms. The lowest BCUT2D eigenvalue weighted by atomic mass is 10.0. The highest BCUT2D eigenvalue weighted by atomic mass is 35.5. The average molecular weight is 239 g/mol. The van der Waals surface area contributed by atoms with Crippen LogP contribution >= 0.6 is 11.6 Å². The van der Waals surface area contributed by atoms with Crippen molar-refractivity contribution in [2.75, 3.05) is 13.0 Å². The lowest BCUT2D eigenvalue weighted by Crippen LogP contribution is -2.01. The monoisotopic (exact) mass is 238 g/mol. The summed E-state index contributed by atoms with van der Waals surface area (Å²) in [5.74, 6) is 0.315. The van der Waals surface area contributed by atoms with E-state index in [1.165, 1.54) is 7.11 Å². The van der Waals surface area contributed by atoms with E-state index in [1.807, 2.05) is 31.2 Å². The van der Waals surface area contributed by atoms with Crippen molar-refractivity contribution in [3.8, 4) is 0 Å². The summed E-state index contributed by atoms with van der Waals surface area (Å²) in [6.07, 6.45) is 4.88. The van der Waals surface area contributed by atoms with E-state index in [2.05, 4.69) is 4.74 Å². The molecule has 1 aromatic rings. The Morgan fingerprint density at radius 2 is 2.25 bits per heavy atom. The molecule has 0 aliphatic rings. The van der Waals surface area contributed by atoms with Gasteiger partial charge in [-0.05, 0) is 36.6 Å². The van der Waals surface area contributed by atoms with Gasteiger partial charge in [-0.25, -0.2) is 4.79 Å². The van der Waals surface area contributed by atoms with Crippen molar-refractivity contribution in [2.24, 2.45) is 0 Å². The molecule has 0 bridgehead atoms. The summed E-state index contributed by atoms with van der Waals surface area (Å²) < 4.78 is 4.66. The van der Waals surface area contributed by atoms with Crippen molar-refractivity contribution in [2.45, 2.75) is 13.3 Å². The largest absolute Gasteiger partial charge is 0.465 e. The molecule has 0 atom stereocenters. The number of halogens is 1. The highest BCUT2D eigenvalue weighted by molar-refractivity contribution is 6.17. The van der Waals surface area contributed by atoms with Gasteiger partial charge in [0.05, 0.1) is 12.7 Å². The molecule has 0 saturated carbocycles. The van der Waals surface area contributed by atoms with Gasteiger partial charge in [0.1, 0.15) is 0 Å². The van der Waals surface area contributed by atoms with Gasteiger partial charge in [0.2, 0.25) is 0 Å². The number of alkyl halides is 1. The van der Waals surface area contributed by atoms with Crippen LogP contribution in [0, 0.1) is 6.92 Å². The number of esters is 1. The van der Waals surface area contributed by atoms with E-state index >= 15 is 0 Å². The molecule has 3 heteroatoms. The first-order valence-electron chi connectivity index (χ1n) is 5.10. The second-order valence-corrected chi connectivity index (χ2v) is 3.82. The highest BCUT2D eigenvalue weighted by Crippen LogP contribution is 2.14. The number of allylic oxidation sites excluding steroid dienone is 1. The first-order chi connectivity index (χ1) is 7.69. The van der Waals surface area contributed by atoms with Gasteiger partial charge in [-0.1, -0.05) is 18.2 Å². The quantitative estimate of drug-likeness (QED) is 0.594. The third-order valence-corrected chi connectivity index (χ3v) is 2.48. The van der Waals surface area contributed by atoms with Crippen LogP contribution < -0.4 is 0 Å². The molecule has 2 nitrogen and oxygen atoms in total. The first-order valence-corrected chi connectivity index (χ1v) is 5.64. The lowest BCUT2D eigenvalue weighted by molar-refractivity contribution is 0.0600. The van der Waals surface area contributed by atoms with Gasteiger partial charge in [0.25, 0.3) is 0 Å². The number of carbonyl (C=O) groups excluding carboxylic acids is 1.